The molecule has 31 heavy (non-hydrogen) atoms. The van der Waals surface area contributed by atoms with Crippen molar-refractivity contribution in [2.45, 2.75) is 25.9 Å². The molecular weight excluding hydrogens is 507 g/mol. The highest BCUT2D eigenvalue weighted by molar-refractivity contribution is 14.0. The van der Waals surface area contributed by atoms with Crippen LogP contribution in [-0.4, -0.2) is 51.6 Å². The summed E-state index contributed by atoms with van der Waals surface area (Å²) in [6, 6.07) is 13.6. The molecule has 0 aliphatic carbocycles. The van der Waals surface area contributed by atoms with E-state index in [0.29, 0.717) is 19.0 Å². The molecule has 4 rings (SSSR count). The molecule has 2 aromatic heterocycles. The van der Waals surface area contributed by atoms with Gasteiger partial charge >= 0.3 is 6.03 Å². The normalized spacial score (nSPS) is 13.7. The van der Waals surface area contributed by atoms with E-state index in [1.54, 1.807) is 7.05 Å². The minimum atomic E-state index is -0.0318. The van der Waals surface area contributed by atoms with E-state index in [0.717, 1.165) is 48.7 Å². The van der Waals surface area contributed by atoms with E-state index in [1.807, 2.05) is 58.0 Å². The van der Waals surface area contributed by atoms with Gasteiger partial charge in [0.25, 0.3) is 0 Å². The number of benzene rings is 1. The highest BCUT2D eigenvalue weighted by Gasteiger charge is 2.17. The molecular formula is C21H27IN8O. The van der Waals surface area contributed by atoms with Crippen molar-refractivity contribution in [3.63, 3.8) is 0 Å². The summed E-state index contributed by atoms with van der Waals surface area (Å²) in [6.07, 6.45) is 4.09. The second-order valence-corrected chi connectivity index (χ2v) is 7.15. The third kappa shape index (κ3) is 5.84. The highest BCUT2D eigenvalue weighted by atomic mass is 127. The zero-order valence-corrected chi connectivity index (χ0v) is 19.7. The number of anilines is 1. The largest absolute Gasteiger partial charge is 0.352 e. The smallest absolute Gasteiger partial charge is 0.321 e. The fraction of sp³-hybridized carbons (Fsp3) is 0.333. The van der Waals surface area contributed by atoms with Gasteiger partial charge in [-0.25, -0.2) is 4.79 Å². The maximum Gasteiger partial charge on any atom is 0.321 e. The van der Waals surface area contributed by atoms with Gasteiger partial charge in [0.2, 0.25) is 0 Å². The molecule has 0 unspecified atom stereocenters. The van der Waals surface area contributed by atoms with Crippen LogP contribution < -0.4 is 16.0 Å². The second kappa shape index (κ2) is 10.9. The van der Waals surface area contributed by atoms with Crippen molar-refractivity contribution < 1.29 is 4.79 Å². The summed E-state index contributed by atoms with van der Waals surface area (Å²) in [5, 5.41) is 17.9. The quantitative estimate of drug-likeness (QED) is 0.266. The number of fused-ring (bicyclic) bond motifs is 1. The molecule has 1 aromatic carbocycles. The average molecular weight is 534 g/mol. The van der Waals surface area contributed by atoms with Crippen LogP contribution in [0.15, 0.2) is 53.7 Å². The van der Waals surface area contributed by atoms with E-state index < -0.39 is 0 Å². The molecule has 1 aliphatic heterocycles. The SMILES string of the molecule is CN=C(NCc1cccc(NC(=O)N2CCCC2)c1)NCc1nnc2ccccn12.I. The first-order valence-electron chi connectivity index (χ1n) is 10.1. The predicted octanol–water partition coefficient (Wildman–Crippen LogP) is 2.84. The van der Waals surface area contributed by atoms with Gasteiger partial charge in [0.05, 0.1) is 6.54 Å². The lowest BCUT2D eigenvalue weighted by Crippen LogP contribution is -2.36. The number of carbonyl (C=O) groups is 1. The van der Waals surface area contributed by atoms with Crippen molar-refractivity contribution >= 4 is 47.3 Å². The average Bonchev–Trinajstić information content (AvgIpc) is 3.45. The lowest BCUT2D eigenvalue weighted by atomic mass is 10.2. The minimum absolute atomic E-state index is 0. The summed E-state index contributed by atoms with van der Waals surface area (Å²) in [4.78, 5) is 18.4. The lowest BCUT2D eigenvalue weighted by molar-refractivity contribution is 0.222. The summed E-state index contributed by atoms with van der Waals surface area (Å²) in [7, 11) is 1.73. The Morgan fingerprint density at radius 1 is 1.06 bits per heavy atom. The van der Waals surface area contributed by atoms with Crippen molar-refractivity contribution in [1.29, 1.82) is 0 Å². The molecule has 3 heterocycles. The summed E-state index contributed by atoms with van der Waals surface area (Å²) >= 11 is 0. The van der Waals surface area contributed by atoms with Gasteiger partial charge in [0.1, 0.15) is 0 Å². The molecule has 0 saturated carbocycles. The Balaban J connectivity index is 0.00000272. The topological polar surface area (TPSA) is 99.0 Å². The molecule has 0 spiro atoms. The van der Waals surface area contributed by atoms with E-state index in [4.69, 9.17) is 0 Å². The number of carbonyl (C=O) groups excluding carboxylic acids is 1. The third-order valence-corrected chi connectivity index (χ3v) is 5.05. The van der Waals surface area contributed by atoms with E-state index in [2.05, 4.69) is 31.1 Å². The lowest BCUT2D eigenvalue weighted by Gasteiger charge is -2.17. The van der Waals surface area contributed by atoms with Crippen molar-refractivity contribution in [3.8, 4) is 0 Å². The van der Waals surface area contributed by atoms with E-state index in [1.165, 1.54) is 0 Å². The zero-order valence-electron chi connectivity index (χ0n) is 17.4. The summed E-state index contributed by atoms with van der Waals surface area (Å²) < 4.78 is 1.94. The number of nitrogens with zero attached hydrogens (tertiary/aromatic N) is 5. The zero-order chi connectivity index (χ0) is 20.8. The van der Waals surface area contributed by atoms with Gasteiger partial charge in [-0.3, -0.25) is 9.39 Å². The first kappa shape index (κ1) is 22.8. The Morgan fingerprint density at radius 3 is 2.68 bits per heavy atom. The molecule has 1 fully saturated rings. The van der Waals surface area contributed by atoms with Crippen LogP contribution in [0.1, 0.15) is 24.2 Å². The number of rotatable bonds is 5. The molecule has 2 amide bonds. The van der Waals surface area contributed by atoms with E-state index in [9.17, 15) is 4.79 Å². The number of aromatic nitrogens is 3. The van der Waals surface area contributed by atoms with Crippen LogP contribution in [-0.2, 0) is 13.1 Å². The van der Waals surface area contributed by atoms with Crippen molar-refractivity contribution in [1.82, 2.24) is 30.1 Å². The van der Waals surface area contributed by atoms with Gasteiger partial charge in [-0.2, -0.15) is 0 Å². The van der Waals surface area contributed by atoms with E-state index in [-0.39, 0.29) is 30.0 Å². The number of likely N-dealkylation sites (tertiary alicyclic amines) is 1. The molecule has 0 atom stereocenters. The monoisotopic (exact) mass is 534 g/mol. The number of halogens is 1. The Hall–Kier alpha value is -2.89. The van der Waals surface area contributed by atoms with Crippen molar-refractivity contribution in [3.05, 3.63) is 60.0 Å². The standard InChI is InChI=1S/C21H26N8O.HI/c1-22-20(24-15-19-27-26-18-9-2-3-12-29(18)19)23-14-16-7-6-8-17(13-16)25-21(30)28-10-4-5-11-28;/h2-3,6-9,12-13H,4-5,10-11,14-15H2,1H3,(H,25,30)(H2,22,23,24);1H. The van der Waals surface area contributed by atoms with Gasteiger partial charge in [-0.15, -0.1) is 34.2 Å². The number of nitrogens with one attached hydrogen (secondary N) is 3. The Kier molecular flexibility index (Phi) is 8.04. The molecule has 3 N–H and O–H groups in total. The fourth-order valence-electron chi connectivity index (χ4n) is 3.46. The van der Waals surface area contributed by atoms with Gasteiger partial charge in [0.15, 0.2) is 17.4 Å². The number of hydrogen-bond acceptors (Lipinski definition) is 4. The molecule has 164 valence electrons. The van der Waals surface area contributed by atoms with Crippen LogP contribution in [0.2, 0.25) is 0 Å². The first-order chi connectivity index (χ1) is 14.7. The number of pyridine rings is 1. The van der Waals surface area contributed by atoms with Crippen molar-refractivity contribution in [2.75, 3.05) is 25.5 Å². The van der Waals surface area contributed by atoms with Crippen LogP contribution >= 0.6 is 24.0 Å². The van der Waals surface area contributed by atoms with Crippen LogP contribution in [0, 0.1) is 0 Å². The highest BCUT2D eigenvalue weighted by Crippen LogP contribution is 2.14. The predicted molar refractivity (Wildman–Crippen MR) is 132 cm³/mol. The molecule has 9 nitrogen and oxygen atoms in total. The van der Waals surface area contributed by atoms with Crippen molar-refractivity contribution in [2.24, 2.45) is 4.99 Å². The maximum absolute atomic E-state index is 12.3. The summed E-state index contributed by atoms with van der Waals surface area (Å²) in [5.41, 5.74) is 2.65. The number of aliphatic imine (C=N–C) groups is 1. The Bertz CT molecular complexity index is 1040. The number of urea groups is 1. The molecule has 0 bridgehead atoms. The Morgan fingerprint density at radius 2 is 1.87 bits per heavy atom. The van der Waals surface area contributed by atoms with Gasteiger partial charge < -0.3 is 20.9 Å². The Labute approximate surface area is 198 Å². The number of guanidine groups is 1. The van der Waals surface area contributed by atoms with Crippen LogP contribution in [0.3, 0.4) is 0 Å². The van der Waals surface area contributed by atoms with Crippen LogP contribution in [0.4, 0.5) is 10.5 Å². The van der Waals surface area contributed by atoms with Gasteiger partial charge in [-0.1, -0.05) is 18.2 Å². The fourth-order valence-corrected chi connectivity index (χ4v) is 3.46. The van der Waals surface area contributed by atoms with Gasteiger partial charge in [0, 0.05) is 38.6 Å². The summed E-state index contributed by atoms with van der Waals surface area (Å²) in [5.74, 6) is 1.47. The molecule has 1 aliphatic rings. The number of amides is 2. The van der Waals surface area contributed by atoms with Crippen LogP contribution in [0.5, 0.6) is 0 Å². The minimum Gasteiger partial charge on any atom is -0.352 e. The summed E-state index contributed by atoms with van der Waals surface area (Å²) in [6.45, 7) is 2.73. The van der Waals surface area contributed by atoms with Crippen LogP contribution in [0.25, 0.3) is 5.65 Å². The molecule has 10 heteroatoms. The maximum atomic E-state index is 12.3. The molecule has 3 aromatic rings. The molecule has 0 radical (unpaired) electrons. The first-order valence-corrected chi connectivity index (χ1v) is 10.1. The van der Waals surface area contributed by atoms with E-state index >= 15 is 0 Å². The van der Waals surface area contributed by atoms with Gasteiger partial charge in [-0.05, 0) is 42.7 Å². The number of hydrogen-bond donors (Lipinski definition) is 3. The third-order valence-electron chi connectivity index (χ3n) is 5.05. The second-order valence-electron chi connectivity index (χ2n) is 7.15. The molecule has 1 saturated heterocycles.